The van der Waals surface area contributed by atoms with Crippen molar-refractivity contribution in [2.45, 2.75) is 46.4 Å². The Morgan fingerprint density at radius 1 is 1.14 bits per heavy atom. The van der Waals surface area contributed by atoms with Crippen molar-refractivity contribution < 1.29 is 17.9 Å². The van der Waals surface area contributed by atoms with Crippen molar-refractivity contribution >= 4 is 10.2 Å². The van der Waals surface area contributed by atoms with E-state index < -0.39 is 10.2 Å². The molecule has 1 fully saturated rings. The number of hydrogen-bond acceptors (Lipinski definition) is 5. The van der Waals surface area contributed by atoms with Crippen LogP contribution in [-0.4, -0.2) is 43.0 Å². The second-order valence-corrected chi connectivity index (χ2v) is 9.01. The Hall–Kier alpha value is -2.00. The highest BCUT2D eigenvalue weighted by Gasteiger charge is 2.30. The number of morpholine rings is 1. The minimum atomic E-state index is -3.59. The number of aryl methyl sites for hydroxylation is 2. The quantitative estimate of drug-likeness (QED) is 0.799. The molecule has 0 bridgehead atoms. The van der Waals surface area contributed by atoms with Gasteiger partial charge in [-0.3, -0.25) is 0 Å². The van der Waals surface area contributed by atoms with E-state index in [0.29, 0.717) is 24.7 Å². The SMILES string of the molecule is Cc1ccc(Oc2cc(CNS(=O)(=O)N3C[C@@H](C)O[C@H](C)C3)ccn2)cc1C. The minimum absolute atomic E-state index is 0.126. The number of ether oxygens (including phenoxy) is 2. The Balaban J connectivity index is 1.65. The summed E-state index contributed by atoms with van der Waals surface area (Å²) in [5.74, 6) is 1.12. The fourth-order valence-electron chi connectivity index (χ4n) is 3.11. The monoisotopic (exact) mass is 405 g/mol. The number of nitrogens with zero attached hydrogens (tertiary/aromatic N) is 2. The largest absolute Gasteiger partial charge is 0.439 e. The second kappa shape index (κ2) is 8.57. The van der Waals surface area contributed by atoms with Gasteiger partial charge < -0.3 is 9.47 Å². The van der Waals surface area contributed by atoms with Gasteiger partial charge in [-0.15, -0.1) is 0 Å². The van der Waals surface area contributed by atoms with Gasteiger partial charge in [0.15, 0.2) is 0 Å². The highest BCUT2D eigenvalue weighted by atomic mass is 32.2. The molecule has 0 amide bonds. The number of benzene rings is 1. The van der Waals surface area contributed by atoms with Crippen LogP contribution in [0.3, 0.4) is 0 Å². The molecule has 1 saturated heterocycles. The van der Waals surface area contributed by atoms with Crippen LogP contribution in [-0.2, 0) is 21.5 Å². The van der Waals surface area contributed by atoms with Gasteiger partial charge >= 0.3 is 0 Å². The fourth-order valence-corrected chi connectivity index (χ4v) is 4.45. The lowest BCUT2D eigenvalue weighted by molar-refractivity contribution is -0.0444. The topological polar surface area (TPSA) is 80.8 Å². The van der Waals surface area contributed by atoms with Crippen molar-refractivity contribution in [3.8, 4) is 11.6 Å². The van der Waals surface area contributed by atoms with Crippen molar-refractivity contribution in [1.29, 1.82) is 0 Å². The summed E-state index contributed by atoms with van der Waals surface area (Å²) >= 11 is 0. The number of hydrogen-bond donors (Lipinski definition) is 1. The Morgan fingerprint density at radius 3 is 2.54 bits per heavy atom. The molecule has 1 N–H and O–H groups in total. The molecule has 0 radical (unpaired) electrons. The van der Waals surface area contributed by atoms with E-state index in [1.54, 1.807) is 18.3 Å². The van der Waals surface area contributed by atoms with Gasteiger partial charge in [0.2, 0.25) is 5.88 Å². The number of nitrogens with one attached hydrogen (secondary N) is 1. The summed E-state index contributed by atoms with van der Waals surface area (Å²) in [5.41, 5.74) is 3.09. The van der Waals surface area contributed by atoms with Crippen LogP contribution >= 0.6 is 0 Å². The molecule has 1 aliphatic rings. The average molecular weight is 406 g/mol. The van der Waals surface area contributed by atoms with Gasteiger partial charge in [-0.2, -0.15) is 17.4 Å². The Kier molecular flexibility index (Phi) is 6.34. The summed E-state index contributed by atoms with van der Waals surface area (Å²) < 4.78 is 40.7. The number of aromatic nitrogens is 1. The maximum atomic E-state index is 12.6. The molecular weight excluding hydrogens is 378 g/mol. The molecule has 0 spiro atoms. The molecule has 2 atom stereocenters. The van der Waals surface area contributed by atoms with Gasteiger partial charge in [0.25, 0.3) is 10.2 Å². The number of rotatable bonds is 6. The first-order valence-electron chi connectivity index (χ1n) is 9.33. The fraction of sp³-hybridized carbons (Fsp3) is 0.450. The molecule has 7 nitrogen and oxygen atoms in total. The summed E-state index contributed by atoms with van der Waals surface area (Å²) in [6.07, 6.45) is 1.36. The molecule has 1 aliphatic heterocycles. The molecular formula is C20H27N3O4S. The molecule has 8 heteroatoms. The van der Waals surface area contributed by atoms with E-state index >= 15 is 0 Å². The Bertz CT molecular complexity index is 923. The normalized spacial score (nSPS) is 20.9. The van der Waals surface area contributed by atoms with E-state index in [0.717, 1.165) is 11.1 Å². The van der Waals surface area contributed by atoms with E-state index in [1.165, 1.54) is 9.87 Å². The van der Waals surface area contributed by atoms with Crippen molar-refractivity contribution in [3.63, 3.8) is 0 Å². The van der Waals surface area contributed by atoms with Crippen molar-refractivity contribution in [3.05, 3.63) is 53.2 Å². The molecule has 1 aromatic heterocycles. The molecule has 1 aromatic carbocycles. The predicted octanol–water partition coefficient (Wildman–Crippen LogP) is 2.93. The third-order valence-corrected chi connectivity index (χ3v) is 6.17. The average Bonchev–Trinajstić information content (AvgIpc) is 2.63. The molecule has 152 valence electrons. The molecule has 28 heavy (non-hydrogen) atoms. The third kappa shape index (κ3) is 5.29. The van der Waals surface area contributed by atoms with Crippen LogP contribution in [0.15, 0.2) is 36.5 Å². The van der Waals surface area contributed by atoms with Crippen LogP contribution in [0, 0.1) is 13.8 Å². The zero-order valence-corrected chi connectivity index (χ0v) is 17.5. The lowest BCUT2D eigenvalue weighted by Gasteiger charge is -2.34. The van der Waals surface area contributed by atoms with Crippen LogP contribution in [0.5, 0.6) is 11.6 Å². The molecule has 2 aromatic rings. The second-order valence-electron chi connectivity index (χ2n) is 7.25. The Labute approximate surface area is 166 Å². The zero-order valence-electron chi connectivity index (χ0n) is 16.7. The Morgan fingerprint density at radius 2 is 1.86 bits per heavy atom. The predicted molar refractivity (Wildman–Crippen MR) is 108 cm³/mol. The van der Waals surface area contributed by atoms with E-state index in [1.807, 2.05) is 45.9 Å². The zero-order chi connectivity index (χ0) is 20.3. The van der Waals surface area contributed by atoms with E-state index in [2.05, 4.69) is 9.71 Å². The maximum Gasteiger partial charge on any atom is 0.279 e. The summed E-state index contributed by atoms with van der Waals surface area (Å²) in [7, 11) is -3.59. The molecule has 0 unspecified atom stereocenters. The first-order valence-corrected chi connectivity index (χ1v) is 10.8. The van der Waals surface area contributed by atoms with E-state index in [4.69, 9.17) is 9.47 Å². The highest BCUT2D eigenvalue weighted by molar-refractivity contribution is 7.87. The van der Waals surface area contributed by atoms with E-state index in [9.17, 15) is 8.42 Å². The van der Waals surface area contributed by atoms with Gasteiger partial charge in [0.1, 0.15) is 5.75 Å². The molecule has 3 rings (SSSR count). The van der Waals surface area contributed by atoms with Crippen molar-refractivity contribution in [2.24, 2.45) is 0 Å². The van der Waals surface area contributed by atoms with Gasteiger partial charge in [0.05, 0.1) is 12.2 Å². The summed E-state index contributed by atoms with van der Waals surface area (Å²) in [6.45, 7) is 8.66. The summed E-state index contributed by atoms with van der Waals surface area (Å²) in [4.78, 5) is 4.21. The molecule has 2 heterocycles. The summed E-state index contributed by atoms with van der Waals surface area (Å²) in [5, 5.41) is 0. The minimum Gasteiger partial charge on any atom is -0.439 e. The van der Waals surface area contributed by atoms with Crippen LogP contribution in [0.2, 0.25) is 0 Å². The first kappa shape index (κ1) is 20.7. The van der Waals surface area contributed by atoms with Crippen molar-refractivity contribution in [1.82, 2.24) is 14.0 Å². The molecule has 0 aliphatic carbocycles. The first-order chi connectivity index (χ1) is 13.2. The van der Waals surface area contributed by atoms with Crippen LogP contribution in [0.4, 0.5) is 0 Å². The number of pyridine rings is 1. The van der Waals surface area contributed by atoms with Gasteiger partial charge in [-0.1, -0.05) is 6.07 Å². The summed E-state index contributed by atoms with van der Waals surface area (Å²) in [6, 6.07) is 9.34. The van der Waals surface area contributed by atoms with Gasteiger partial charge in [0, 0.05) is 31.9 Å². The van der Waals surface area contributed by atoms with E-state index in [-0.39, 0.29) is 18.8 Å². The molecule has 0 saturated carbocycles. The smallest absolute Gasteiger partial charge is 0.279 e. The van der Waals surface area contributed by atoms with Crippen LogP contribution < -0.4 is 9.46 Å². The van der Waals surface area contributed by atoms with Crippen LogP contribution in [0.25, 0.3) is 0 Å². The third-order valence-electron chi connectivity index (χ3n) is 4.68. The lowest BCUT2D eigenvalue weighted by atomic mass is 10.1. The standard InChI is InChI=1S/C20H27N3O4S/c1-14-5-6-19(9-15(14)2)27-20-10-18(7-8-21-20)11-22-28(24,25)23-12-16(3)26-17(4)13-23/h5-10,16-17,22H,11-13H2,1-4H3/t16-,17-/m1/s1. The van der Waals surface area contributed by atoms with Crippen LogP contribution in [0.1, 0.15) is 30.5 Å². The van der Waals surface area contributed by atoms with Gasteiger partial charge in [-0.25, -0.2) is 4.98 Å². The van der Waals surface area contributed by atoms with Gasteiger partial charge in [-0.05, 0) is 62.6 Å². The lowest BCUT2D eigenvalue weighted by Crippen LogP contribution is -2.51. The maximum absolute atomic E-state index is 12.6. The van der Waals surface area contributed by atoms with Crippen molar-refractivity contribution in [2.75, 3.05) is 13.1 Å². The highest BCUT2D eigenvalue weighted by Crippen LogP contribution is 2.23.